The van der Waals surface area contributed by atoms with Gasteiger partial charge in [-0.2, -0.15) is 10.5 Å². The number of hydrogen-bond donors (Lipinski definition) is 1. The van der Waals surface area contributed by atoms with E-state index in [0.29, 0.717) is 22.7 Å². The third-order valence-electron chi connectivity index (χ3n) is 3.72. The molecule has 3 nitrogen and oxygen atoms in total. The molecule has 0 radical (unpaired) electrons. The Hall–Kier alpha value is -2.85. The highest BCUT2D eigenvalue weighted by Crippen LogP contribution is 2.43. The molecule has 2 aromatic carbocycles. The number of nitrogens with one attached hydrogen (secondary N) is 1. The van der Waals surface area contributed by atoms with Crippen molar-refractivity contribution in [2.45, 2.75) is 18.4 Å². The number of halogens is 1. The maximum Gasteiger partial charge on any atom is 0.123 e. The molecule has 1 aliphatic rings. The van der Waals surface area contributed by atoms with Gasteiger partial charge in [-0.25, -0.2) is 4.39 Å². The maximum absolute atomic E-state index is 12.9. The van der Waals surface area contributed by atoms with Crippen LogP contribution in [0.5, 0.6) is 0 Å². The van der Waals surface area contributed by atoms with Gasteiger partial charge in [-0.05, 0) is 36.2 Å². The minimum Gasteiger partial charge on any atom is -0.380 e. The van der Waals surface area contributed by atoms with Crippen molar-refractivity contribution in [2.24, 2.45) is 0 Å². The summed E-state index contributed by atoms with van der Waals surface area (Å²) in [5.41, 5.74) is 2.61. The molecule has 0 bridgehead atoms. The number of nitriles is 2. The molecule has 3 rings (SSSR count). The molecule has 0 aliphatic heterocycles. The van der Waals surface area contributed by atoms with E-state index in [1.165, 1.54) is 12.1 Å². The molecule has 1 aliphatic carbocycles. The Kier molecular flexibility index (Phi) is 3.30. The summed E-state index contributed by atoms with van der Waals surface area (Å²) in [5, 5.41) is 21.6. The smallest absolute Gasteiger partial charge is 0.123 e. The average Bonchev–Trinajstić information content (AvgIpc) is 3.27. The van der Waals surface area contributed by atoms with Crippen LogP contribution in [0.15, 0.2) is 42.5 Å². The Morgan fingerprint density at radius 2 is 1.62 bits per heavy atom. The van der Waals surface area contributed by atoms with E-state index in [4.69, 9.17) is 10.5 Å². The molecule has 0 aromatic heterocycles. The molecule has 2 atom stereocenters. The molecule has 1 fully saturated rings. The fourth-order valence-corrected chi connectivity index (χ4v) is 2.51. The van der Waals surface area contributed by atoms with Gasteiger partial charge in [0.15, 0.2) is 0 Å². The molecule has 1 saturated carbocycles. The van der Waals surface area contributed by atoms with Crippen LogP contribution >= 0.6 is 0 Å². The minimum absolute atomic E-state index is 0.178. The Labute approximate surface area is 122 Å². The fraction of sp³-hybridized carbons (Fsp3) is 0.176. The molecule has 21 heavy (non-hydrogen) atoms. The van der Waals surface area contributed by atoms with E-state index in [2.05, 4.69) is 17.5 Å². The SMILES string of the molecule is N#Cc1cccc(C#N)c1N[C@@H]1C[C@H]1c1ccc(F)cc1. The summed E-state index contributed by atoms with van der Waals surface area (Å²) in [4.78, 5) is 0. The molecule has 4 heteroatoms. The molecule has 0 amide bonds. The zero-order chi connectivity index (χ0) is 14.8. The van der Waals surface area contributed by atoms with Gasteiger partial charge >= 0.3 is 0 Å². The van der Waals surface area contributed by atoms with Crippen LogP contribution in [-0.4, -0.2) is 6.04 Å². The number of anilines is 1. The van der Waals surface area contributed by atoms with Gasteiger partial charge in [-0.15, -0.1) is 0 Å². The van der Waals surface area contributed by atoms with E-state index in [9.17, 15) is 4.39 Å². The van der Waals surface area contributed by atoms with Gasteiger partial charge in [0.2, 0.25) is 0 Å². The van der Waals surface area contributed by atoms with Gasteiger partial charge in [0, 0.05) is 12.0 Å². The van der Waals surface area contributed by atoms with Crippen LogP contribution in [0, 0.1) is 28.5 Å². The van der Waals surface area contributed by atoms with Crippen LogP contribution in [-0.2, 0) is 0 Å². The second-order valence-electron chi connectivity index (χ2n) is 5.10. The van der Waals surface area contributed by atoms with Crippen molar-refractivity contribution in [1.82, 2.24) is 0 Å². The van der Waals surface area contributed by atoms with Gasteiger partial charge < -0.3 is 5.32 Å². The van der Waals surface area contributed by atoms with Crippen molar-refractivity contribution < 1.29 is 4.39 Å². The fourth-order valence-electron chi connectivity index (χ4n) is 2.51. The number of rotatable bonds is 3. The summed E-state index contributed by atoms with van der Waals surface area (Å²) in [7, 11) is 0. The van der Waals surface area contributed by atoms with Gasteiger partial charge in [0.1, 0.15) is 18.0 Å². The highest BCUT2D eigenvalue weighted by atomic mass is 19.1. The van der Waals surface area contributed by atoms with Crippen molar-refractivity contribution in [3.05, 3.63) is 65.0 Å². The number of nitrogens with zero attached hydrogens (tertiary/aromatic N) is 2. The topological polar surface area (TPSA) is 59.6 Å². The van der Waals surface area contributed by atoms with E-state index in [1.54, 1.807) is 30.3 Å². The number of hydrogen-bond acceptors (Lipinski definition) is 3. The first kappa shape index (κ1) is 13.1. The van der Waals surface area contributed by atoms with Crippen molar-refractivity contribution in [3.8, 4) is 12.1 Å². The predicted molar refractivity (Wildman–Crippen MR) is 77.0 cm³/mol. The van der Waals surface area contributed by atoms with Gasteiger partial charge in [0.05, 0.1) is 16.8 Å². The highest BCUT2D eigenvalue weighted by Gasteiger charge is 2.39. The standard InChI is InChI=1S/C17H12FN3/c18-14-6-4-11(5-7-14)15-8-16(15)21-17-12(9-19)2-1-3-13(17)10-20/h1-7,15-16,21H,8H2/t15-,16+/m0/s1. The van der Waals surface area contributed by atoms with Crippen molar-refractivity contribution in [1.29, 1.82) is 10.5 Å². The zero-order valence-electron chi connectivity index (χ0n) is 11.2. The summed E-state index contributed by atoms with van der Waals surface area (Å²) in [6.45, 7) is 0. The normalized spacial score (nSPS) is 19.4. The summed E-state index contributed by atoms with van der Waals surface area (Å²) in [5.74, 6) is 0.0504. The highest BCUT2D eigenvalue weighted by molar-refractivity contribution is 5.67. The van der Waals surface area contributed by atoms with Gasteiger partial charge in [0.25, 0.3) is 0 Å². The molecule has 102 valence electrons. The molecule has 0 saturated heterocycles. The second kappa shape index (κ2) is 5.26. The molecule has 1 N–H and O–H groups in total. The van der Waals surface area contributed by atoms with Crippen LogP contribution in [0.25, 0.3) is 0 Å². The van der Waals surface area contributed by atoms with Crippen molar-refractivity contribution >= 4 is 5.69 Å². The minimum atomic E-state index is -0.245. The monoisotopic (exact) mass is 277 g/mol. The van der Waals surface area contributed by atoms with E-state index in [-0.39, 0.29) is 11.9 Å². The summed E-state index contributed by atoms with van der Waals surface area (Å²) in [6.07, 6.45) is 0.913. The number of benzene rings is 2. The maximum atomic E-state index is 12.9. The van der Waals surface area contributed by atoms with E-state index in [1.807, 2.05) is 0 Å². The van der Waals surface area contributed by atoms with Gasteiger partial charge in [-0.1, -0.05) is 18.2 Å². The molecule has 0 unspecified atom stereocenters. The Morgan fingerprint density at radius 1 is 1.00 bits per heavy atom. The summed E-state index contributed by atoms with van der Waals surface area (Å²) < 4.78 is 12.9. The molecule has 2 aromatic rings. The first-order valence-corrected chi connectivity index (χ1v) is 6.68. The Morgan fingerprint density at radius 3 is 2.19 bits per heavy atom. The quantitative estimate of drug-likeness (QED) is 0.933. The van der Waals surface area contributed by atoms with Crippen LogP contribution < -0.4 is 5.32 Å². The summed E-state index contributed by atoms with van der Waals surface area (Å²) in [6, 6.07) is 15.9. The summed E-state index contributed by atoms with van der Waals surface area (Å²) >= 11 is 0. The predicted octanol–water partition coefficient (Wildman–Crippen LogP) is 3.54. The number of para-hydroxylation sites is 1. The molecule has 0 heterocycles. The largest absolute Gasteiger partial charge is 0.380 e. The first-order chi connectivity index (χ1) is 10.2. The first-order valence-electron chi connectivity index (χ1n) is 6.68. The molecule has 0 spiro atoms. The van der Waals surface area contributed by atoms with E-state index >= 15 is 0 Å². The molecular formula is C17H12FN3. The van der Waals surface area contributed by atoms with E-state index < -0.39 is 0 Å². The van der Waals surface area contributed by atoms with Crippen LogP contribution in [0.2, 0.25) is 0 Å². The third kappa shape index (κ3) is 2.57. The average molecular weight is 277 g/mol. The van der Waals surface area contributed by atoms with Crippen LogP contribution in [0.4, 0.5) is 10.1 Å². The van der Waals surface area contributed by atoms with Crippen LogP contribution in [0.1, 0.15) is 29.0 Å². The Balaban J connectivity index is 1.80. The lowest BCUT2D eigenvalue weighted by Crippen LogP contribution is -2.07. The van der Waals surface area contributed by atoms with Crippen molar-refractivity contribution in [3.63, 3.8) is 0 Å². The lowest BCUT2D eigenvalue weighted by atomic mass is 10.1. The van der Waals surface area contributed by atoms with E-state index in [0.717, 1.165) is 12.0 Å². The van der Waals surface area contributed by atoms with Crippen LogP contribution in [0.3, 0.4) is 0 Å². The zero-order valence-corrected chi connectivity index (χ0v) is 11.2. The Bertz CT molecular complexity index is 721. The lowest BCUT2D eigenvalue weighted by Gasteiger charge is -2.09. The lowest BCUT2D eigenvalue weighted by molar-refractivity contribution is 0.627. The molecular weight excluding hydrogens is 265 g/mol. The van der Waals surface area contributed by atoms with Gasteiger partial charge in [-0.3, -0.25) is 0 Å². The van der Waals surface area contributed by atoms with Crippen molar-refractivity contribution in [2.75, 3.05) is 5.32 Å². The second-order valence-corrected chi connectivity index (χ2v) is 5.10. The third-order valence-corrected chi connectivity index (χ3v) is 3.72.